The maximum Gasteiger partial charge on any atom is 0.223 e. The number of piperazine rings is 1. The number of rotatable bonds is 3. The summed E-state index contributed by atoms with van der Waals surface area (Å²) < 4.78 is 0. The van der Waals surface area contributed by atoms with Crippen molar-refractivity contribution in [1.82, 2.24) is 4.90 Å². The highest BCUT2D eigenvalue weighted by molar-refractivity contribution is 6.30. The molecule has 6 heteroatoms. The number of anilines is 1. The highest BCUT2D eigenvalue weighted by Crippen LogP contribution is 2.28. The molecule has 1 aliphatic carbocycles. The van der Waals surface area contributed by atoms with Crippen LogP contribution in [0.25, 0.3) is 0 Å². The minimum absolute atomic E-state index is 0. The molecule has 0 unspecified atom stereocenters. The van der Waals surface area contributed by atoms with Gasteiger partial charge in [-0.2, -0.15) is 0 Å². The number of amides is 1. The maximum atomic E-state index is 12.4. The fraction of sp³-hybridized carbons (Fsp3) is 0.588. The summed E-state index contributed by atoms with van der Waals surface area (Å²) in [6, 6.07) is 8.13. The van der Waals surface area contributed by atoms with E-state index in [2.05, 4.69) is 11.0 Å². The number of nitrogens with two attached hydrogens (primary N) is 1. The lowest BCUT2D eigenvalue weighted by Crippen LogP contribution is -2.49. The molecule has 1 saturated heterocycles. The summed E-state index contributed by atoms with van der Waals surface area (Å²) in [4.78, 5) is 16.7. The van der Waals surface area contributed by atoms with E-state index in [1.54, 1.807) is 0 Å². The van der Waals surface area contributed by atoms with Gasteiger partial charge < -0.3 is 15.5 Å². The molecule has 2 fully saturated rings. The zero-order valence-corrected chi connectivity index (χ0v) is 14.9. The molecule has 0 radical (unpaired) electrons. The molecule has 0 spiro atoms. The maximum absolute atomic E-state index is 12.4. The third kappa shape index (κ3) is 4.52. The van der Waals surface area contributed by atoms with E-state index in [1.807, 2.05) is 23.1 Å². The lowest BCUT2D eigenvalue weighted by Gasteiger charge is -2.36. The van der Waals surface area contributed by atoms with Crippen LogP contribution in [0.2, 0.25) is 5.02 Å². The van der Waals surface area contributed by atoms with Crippen LogP contribution in [-0.4, -0.2) is 43.0 Å². The topological polar surface area (TPSA) is 49.6 Å². The Morgan fingerprint density at radius 1 is 1.22 bits per heavy atom. The van der Waals surface area contributed by atoms with Crippen LogP contribution in [0.3, 0.4) is 0 Å². The number of carbonyl (C=O) groups is 1. The normalized spacial score (nSPS) is 24.4. The zero-order chi connectivity index (χ0) is 15.5. The molecule has 128 valence electrons. The van der Waals surface area contributed by atoms with Crippen molar-refractivity contribution < 1.29 is 4.79 Å². The summed E-state index contributed by atoms with van der Waals surface area (Å²) in [5, 5.41) is 0.756. The second-order valence-electron chi connectivity index (χ2n) is 6.41. The van der Waals surface area contributed by atoms with E-state index in [0.717, 1.165) is 49.7 Å². The third-order valence-corrected chi connectivity index (χ3v) is 5.20. The van der Waals surface area contributed by atoms with E-state index in [1.165, 1.54) is 6.42 Å². The first-order valence-corrected chi connectivity index (χ1v) is 8.55. The summed E-state index contributed by atoms with van der Waals surface area (Å²) in [6.45, 7) is 3.30. The molecule has 4 nitrogen and oxygen atoms in total. The molecule has 1 saturated carbocycles. The van der Waals surface area contributed by atoms with Crippen LogP contribution in [0.1, 0.15) is 25.7 Å². The molecular weight excluding hydrogens is 333 g/mol. The summed E-state index contributed by atoms with van der Waals surface area (Å²) in [7, 11) is 0. The summed E-state index contributed by atoms with van der Waals surface area (Å²) in [5.74, 6) is 0.659. The first-order valence-electron chi connectivity index (χ1n) is 8.17. The van der Waals surface area contributed by atoms with Gasteiger partial charge in [-0.05, 0) is 37.0 Å². The molecule has 1 heterocycles. The second kappa shape index (κ2) is 8.22. The Morgan fingerprint density at radius 2 is 1.96 bits per heavy atom. The molecule has 1 aliphatic heterocycles. The van der Waals surface area contributed by atoms with Gasteiger partial charge in [-0.1, -0.05) is 24.1 Å². The van der Waals surface area contributed by atoms with Gasteiger partial charge in [-0.15, -0.1) is 12.4 Å². The highest BCUT2D eigenvalue weighted by atomic mass is 35.5. The fourth-order valence-corrected chi connectivity index (χ4v) is 3.74. The molecule has 23 heavy (non-hydrogen) atoms. The van der Waals surface area contributed by atoms with E-state index in [-0.39, 0.29) is 24.4 Å². The van der Waals surface area contributed by atoms with Crippen molar-refractivity contribution >= 4 is 35.6 Å². The number of benzene rings is 1. The van der Waals surface area contributed by atoms with Crippen molar-refractivity contribution in [3.63, 3.8) is 0 Å². The lowest BCUT2D eigenvalue weighted by atomic mass is 9.99. The molecule has 3 rings (SSSR count). The van der Waals surface area contributed by atoms with E-state index in [9.17, 15) is 4.79 Å². The molecule has 1 aromatic carbocycles. The van der Waals surface area contributed by atoms with Crippen LogP contribution in [-0.2, 0) is 4.79 Å². The molecule has 0 aromatic heterocycles. The first-order chi connectivity index (χ1) is 10.6. The highest BCUT2D eigenvalue weighted by Gasteiger charge is 2.29. The van der Waals surface area contributed by atoms with E-state index in [0.29, 0.717) is 12.3 Å². The van der Waals surface area contributed by atoms with Crippen LogP contribution in [0.15, 0.2) is 24.3 Å². The van der Waals surface area contributed by atoms with Gasteiger partial charge in [0.05, 0.1) is 0 Å². The van der Waals surface area contributed by atoms with Crippen LogP contribution >= 0.6 is 24.0 Å². The van der Waals surface area contributed by atoms with Crippen molar-refractivity contribution in [2.75, 3.05) is 31.1 Å². The first kappa shape index (κ1) is 18.4. The van der Waals surface area contributed by atoms with Crippen LogP contribution in [0.5, 0.6) is 0 Å². The van der Waals surface area contributed by atoms with Crippen molar-refractivity contribution in [3.05, 3.63) is 29.3 Å². The average Bonchev–Trinajstić information content (AvgIpc) is 2.92. The van der Waals surface area contributed by atoms with Crippen LogP contribution in [0, 0.1) is 5.92 Å². The molecule has 1 aromatic rings. The zero-order valence-electron chi connectivity index (χ0n) is 13.3. The quantitative estimate of drug-likeness (QED) is 0.904. The standard InChI is InChI=1S/C17H24ClN3O.ClH/c18-14-4-2-5-15(12-14)20-7-9-21(10-8-20)17(22)11-13-3-1-6-16(13)19;/h2,4-5,12-13,16H,1,3,6-11,19H2;1H/t13-,16+;/m0./s1. The van der Waals surface area contributed by atoms with Crippen molar-refractivity contribution in [2.45, 2.75) is 31.7 Å². The Bertz CT molecular complexity index is 532. The predicted molar refractivity (Wildman–Crippen MR) is 97.4 cm³/mol. The minimum atomic E-state index is 0. The fourth-order valence-electron chi connectivity index (χ4n) is 3.56. The molecule has 0 bridgehead atoms. The number of carbonyl (C=O) groups excluding carboxylic acids is 1. The summed E-state index contributed by atoms with van der Waals surface area (Å²) in [6.07, 6.45) is 3.97. The Labute approximate surface area is 149 Å². The minimum Gasteiger partial charge on any atom is -0.368 e. The number of hydrogen-bond acceptors (Lipinski definition) is 3. The van der Waals surface area contributed by atoms with Gasteiger partial charge in [-0.25, -0.2) is 0 Å². The van der Waals surface area contributed by atoms with E-state index < -0.39 is 0 Å². The monoisotopic (exact) mass is 357 g/mol. The SMILES string of the molecule is Cl.N[C@@H]1CCC[C@H]1CC(=O)N1CCN(c2cccc(Cl)c2)CC1. The van der Waals surface area contributed by atoms with Crippen molar-refractivity contribution in [2.24, 2.45) is 11.7 Å². The molecule has 2 N–H and O–H groups in total. The predicted octanol–water partition coefficient (Wildman–Crippen LogP) is 2.93. The van der Waals surface area contributed by atoms with Crippen LogP contribution in [0.4, 0.5) is 5.69 Å². The van der Waals surface area contributed by atoms with Crippen molar-refractivity contribution in [1.29, 1.82) is 0 Å². The number of hydrogen-bond donors (Lipinski definition) is 1. The largest absolute Gasteiger partial charge is 0.368 e. The van der Waals surface area contributed by atoms with Gasteiger partial charge in [-0.3, -0.25) is 4.79 Å². The van der Waals surface area contributed by atoms with Crippen molar-refractivity contribution in [3.8, 4) is 0 Å². The Balaban J connectivity index is 0.00000192. The Hall–Kier alpha value is -0.970. The Kier molecular flexibility index (Phi) is 6.57. The lowest BCUT2D eigenvalue weighted by molar-refractivity contribution is -0.132. The second-order valence-corrected chi connectivity index (χ2v) is 6.84. The summed E-state index contributed by atoms with van der Waals surface area (Å²) >= 11 is 6.05. The van der Waals surface area contributed by atoms with Gasteiger partial charge in [0.25, 0.3) is 0 Å². The summed E-state index contributed by atoms with van der Waals surface area (Å²) in [5.41, 5.74) is 7.21. The Morgan fingerprint density at radius 3 is 2.57 bits per heavy atom. The van der Waals surface area contributed by atoms with Gasteiger partial charge in [0.15, 0.2) is 0 Å². The van der Waals surface area contributed by atoms with Gasteiger partial charge in [0.1, 0.15) is 0 Å². The molecular formula is C17H25Cl2N3O. The van der Waals surface area contributed by atoms with Gasteiger partial charge in [0, 0.05) is 49.4 Å². The van der Waals surface area contributed by atoms with E-state index >= 15 is 0 Å². The molecule has 1 amide bonds. The molecule has 2 atom stereocenters. The van der Waals surface area contributed by atoms with Gasteiger partial charge >= 0.3 is 0 Å². The van der Waals surface area contributed by atoms with E-state index in [4.69, 9.17) is 17.3 Å². The number of nitrogens with zero attached hydrogens (tertiary/aromatic N) is 2. The third-order valence-electron chi connectivity index (χ3n) is 4.96. The smallest absolute Gasteiger partial charge is 0.223 e. The molecule has 2 aliphatic rings. The van der Waals surface area contributed by atoms with Gasteiger partial charge in [0.2, 0.25) is 5.91 Å². The number of halogens is 2. The van der Waals surface area contributed by atoms with Crippen LogP contribution < -0.4 is 10.6 Å². The average molecular weight is 358 g/mol.